The van der Waals surface area contributed by atoms with E-state index in [9.17, 15) is 14.4 Å². The first-order chi connectivity index (χ1) is 15.3. The van der Waals surface area contributed by atoms with Gasteiger partial charge in [0.25, 0.3) is 0 Å². The molecule has 10 heteroatoms. The van der Waals surface area contributed by atoms with E-state index in [1.54, 1.807) is 6.20 Å². The molecule has 4 amide bonds. The monoisotopic (exact) mass is 446 g/mol. The van der Waals surface area contributed by atoms with E-state index in [0.717, 1.165) is 11.3 Å². The van der Waals surface area contributed by atoms with Crippen molar-refractivity contribution in [3.63, 3.8) is 0 Å². The van der Waals surface area contributed by atoms with Crippen molar-refractivity contribution in [2.45, 2.75) is 57.9 Å². The summed E-state index contributed by atoms with van der Waals surface area (Å²) in [5.41, 5.74) is 1.96. The third kappa shape index (κ3) is 5.95. The molecule has 0 saturated carbocycles. The lowest BCUT2D eigenvalue weighted by Gasteiger charge is -2.42. The lowest BCUT2D eigenvalue weighted by atomic mass is 10.0. The molecule has 0 aliphatic carbocycles. The van der Waals surface area contributed by atoms with Gasteiger partial charge in [0.15, 0.2) is 0 Å². The maximum absolute atomic E-state index is 13.4. The number of aromatic nitrogens is 1. The summed E-state index contributed by atoms with van der Waals surface area (Å²) in [5.74, 6) is -0.302. The Kier molecular flexibility index (Phi) is 8.03. The molecule has 32 heavy (non-hydrogen) atoms. The summed E-state index contributed by atoms with van der Waals surface area (Å²) in [7, 11) is 1.46. The summed E-state index contributed by atoms with van der Waals surface area (Å²) in [6, 6.07) is 3.10. The quantitative estimate of drug-likeness (QED) is 0.518. The number of carbonyl (C=O) groups excluding carboxylic acids is 3. The number of piperazine rings is 1. The minimum absolute atomic E-state index is 0.00166. The van der Waals surface area contributed by atoms with Gasteiger partial charge in [0, 0.05) is 51.6 Å². The van der Waals surface area contributed by atoms with Crippen molar-refractivity contribution >= 4 is 17.8 Å². The predicted molar refractivity (Wildman–Crippen MR) is 119 cm³/mol. The number of hydrogen-bond donors (Lipinski definition) is 3. The van der Waals surface area contributed by atoms with Gasteiger partial charge in [0.05, 0.1) is 11.7 Å². The molecule has 0 bridgehead atoms. The van der Waals surface area contributed by atoms with E-state index in [0.29, 0.717) is 26.1 Å². The fourth-order valence-electron chi connectivity index (χ4n) is 4.36. The Labute approximate surface area is 189 Å². The van der Waals surface area contributed by atoms with Gasteiger partial charge in [-0.25, -0.2) is 4.79 Å². The van der Waals surface area contributed by atoms with E-state index in [1.807, 2.05) is 37.8 Å². The minimum Gasteiger partial charge on any atom is -0.375 e. The van der Waals surface area contributed by atoms with Gasteiger partial charge < -0.3 is 25.6 Å². The Morgan fingerprint density at radius 1 is 1.31 bits per heavy atom. The van der Waals surface area contributed by atoms with Crippen LogP contribution in [-0.4, -0.2) is 90.1 Å². The number of nitrogens with zero attached hydrogens (tertiary/aromatic N) is 3. The molecule has 1 aromatic rings. The second-order valence-electron chi connectivity index (χ2n) is 8.80. The maximum Gasteiger partial charge on any atom is 0.315 e. The molecule has 3 N–H and O–H groups in total. The van der Waals surface area contributed by atoms with Crippen LogP contribution in [0.1, 0.15) is 31.5 Å². The molecule has 3 heterocycles. The molecular formula is C22H34N6O4. The highest BCUT2D eigenvalue weighted by molar-refractivity contribution is 5.85. The van der Waals surface area contributed by atoms with Crippen LogP contribution in [0, 0.1) is 6.92 Å². The molecule has 1 aromatic heterocycles. The topological polar surface area (TPSA) is 116 Å². The van der Waals surface area contributed by atoms with Gasteiger partial charge in [-0.05, 0) is 38.8 Å². The maximum atomic E-state index is 13.4. The first kappa shape index (κ1) is 23.9. The van der Waals surface area contributed by atoms with Crippen molar-refractivity contribution in [2.24, 2.45) is 0 Å². The number of aryl methyl sites for hydroxylation is 1. The standard InChI is InChI=1S/C22H34N6O4/c1-14(2)25-22(31)26-16-8-17-11-27(12-18-15(3)6-5-7-23-18)19(21(30)28(17)10-16)9-24-20(29)13-32-4/h5-7,14,16-17,19H,8-13H2,1-4H3,(H,24,29)(H2,25,26,31)/t16-,17-,19-/m0/s1. The third-order valence-electron chi connectivity index (χ3n) is 5.86. The fraction of sp³-hybridized carbons (Fsp3) is 0.636. The smallest absolute Gasteiger partial charge is 0.315 e. The molecule has 2 aliphatic rings. The number of urea groups is 1. The van der Waals surface area contributed by atoms with Crippen molar-refractivity contribution in [1.29, 1.82) is 0 Å². The highest BCUT2D eigenvalue weighted by Gasteiger charge is 2.45. The van der Waals surface area contributed by atoms with Crippen LogP contribution in [-0.2, 0) is 20.9 Å². The summed E-state index contributed by atoms with van der Waals surface area (Å²) in [6.07, 6.45) is 2.44. The molecule has 0 spiro atoms. The molecule has 3 rings (SSSR count). The summed E-state index contributed by atoms with van der Waals surface area (Å²) >= 11 is 0. The van der Waals surface area contributed by atoms with Gasteiger partial charge >= 0.3 is 6.03 Å². The molecule has 0 radical (unpaired) electrons. The first-order valence-corrected chi connectivity index (χ1v) is 11.1. The second-order valence-corrected chi connectivity index (χ2v) is 8.80. The molecule has 2 saturated heterocycles. The van der Waals surface area contributed by atoms with Gasteiger partial charge in [0.1, 0.15) is 12.6 Å². The summed E-state index contributed by atoms with van der Waals surface area (Å²) in [6.45, 7) is 7.58. The van der Waals surface area contributed by atoms with Crippen molar-refractivity contribution in [1.82, 2.24) is 30.7 Å². The fourth-order valence-corrected chi connectivity index (χ4v) is 4.36. The van der Waals surface area contributed by atoms with Crippen molar-refractivity contribution in [3.05, 3.63) is 29.6 Å². The number of amides is 4. The predicted octanol–water partition coefficient (Wildman–Crippen LogP) is 0.0139. The van der Waals surface area contributed by atoms with E-state index < -0.39 is 6.04 Å². The van der Waals surface area contributed by atoms with Gasteiger partial charge in [0.2, 0.25) is 11.8 Å². The van der Waals surface area contributed by atoms with Gasteiger partial charge in [-0.15, -0.1) is 0 Å². The first-order valence-electron chi connectivity index (χ1n) is 11.1. The van der Waals surface area contributed by atoms with Gasteiger partial charge in [-0.2, -0.15) is 0 Å². The number of fused-ring (bicyclic) bond motifs is 1. The van der Waals surface area contributed by atoms with E-state index in [4.69, 9.17) is 4.74 Å². The van der Waals surface area contributed by atoms with E-state index >= 15 is 0 Å². The van der Waals surface area contributed by atoms with Crippen LogP contribution in [0.2, 0.25) is 0 Å². The van der Waals surface area contributed by atoms with Gasteiger partial charge in [-0.3, -0.25) is 19.5 Å². The highest BCUT2D eigenvalue weighted by Crippen LogP contribution is 2.27. The number of rotatable bonds is 8. The summed E-state index contributed by atoms with van der Waals surface area (Å²) in [4.78, 5) is 45.9. The highest BCUT2D eigenvalue weighted by atomic mass is 16.5. The molecule has 3 atom stereocenters. The lowest BCUT2D eigenvalue weighted by molar-refractivity contribution is -0.144. The van der Waals surface area contributed by atoms with Crippen molar-refractivity contribution < 1.29 is 19.1 Å². The Bertz CT molecular complexity index is 832. The van der Waals surface area contributed by atoms with Crippen LogP contribution in [0.4, 0.5) is 4.79 Å². The van der Waals surface area contributed by atoms with Crippen LogP contribution in [0.3, 0.4) is 0 Å². The second kappa shape index (κ2) is 10.7. The average Bonchev–Trinajstić information content (AvgIpc) is 3.11. The molecule has 0 aromatic carbocycles. The minimum atomic E-state index is -0.503. The Hall–Kier alpha value is -2.72. The molecule has 176 valence electrons. The van der Waals surface area contributed by atoms with Crippen LogP contribution in [0.25, 0.3) is 0 Å². The summed E-state index contributed by atoms with van der Waals surface area (Å²) in [5, 5.41) is 8.62. The van der Waals surface area contributed by atoms with Crippen LogP contribution < -0.4 is 16.0 Å². The molecule has 0 unspecified atom stereocenters. The number of methoxy groups -OCH3 is 1. The molecule has 2 aliphatic heterocycles. The normalized spacial score (nSPS) is 23.2. The lowest BCUT2D eigenvalue weighted by Crippen LogP contribution is -2.62. The zero-order valence-corrected chi connectivity index (χ0v) is 19.3. The number of nitrogens with one attached hydrogen (secondary N) is 3. The van der Waals surface area contributed by atoms with E-state index in [1.165, 1.54) is 7.11 Å². The Morgan fingerprint density at radius 3 is 2.78 bits per heavy atom. The summed E-state index contributed by atoms with van der Waals surface area (Å²) < 4.78 is 4.88. The van der Waals surface area contributed by atoms with Crippen LogP contribution >= 0.6 is 0 Å². The SMILES string of the molecule is COCC(=O)NC[C@H]1C(=O)N2C[C@@H](NC(=O)NC(C)C)C[C@H]2CN1Cc1ncccc1C. The number of hydrogen-bond acceptors (Lipinski definition) is 6. The molecule has 2 fully saturated rings. The van der Waals surface area contributed by atoms with Crippen LogP contribution in [0.5, 0.6) is 0 Å². The van der Waals surface area contributed by atoms with E-state index in [-0.39, 0.29) is 49.1 Å². The number of pyridine rings is 1. The number of carbonyl (C=O) groups is 3. The van der Waals surface area contributed by atoms with Crippen molar-refractivity contribution in [3.8, 4) is 0 Å². The van der Waals surface area contributed by atoms with Crippen LogP contribution in [0.15, 0.2) is 18.3 Å². The van der Waals surface area contributed by atoms with Crippen molar-refractivity contribution in [2.75, 3.05) is 33.4 Å². The van der Waals surface area contributed by atoms with E-state index in [2.05, 4.69) is 25.8 Å². The number of ether oxygens (including phenoxy) is 1. The molecule has 10 nitrogen and oxygen atoms in total. The van der Waals surface area contributed by atoms with Gasteiger partial charge in [-0.1, -0.05) is 6.07 Å². The largest absolute Gasteiger partial charge is 0.375 e. The zero-order valence-electron chi connectivity index (χ0n) is 19.3. The zero-order chi connectivity index (χ0) is 23.3. The third-order valence-corrected chi connectivity index (χ3v) is 5.86. The molecular weight excluding hydrogens is 412 g/mol. The Balaban J connectivity index is 1.73. The Morgan fingerprint density at radius 2 is 2.09 bits per heavy atom. The average molecular weight is 447 g/mol.